The van der Waals surface area contributed by atoms with Gasteiger partial charge in [0.2, 0.25) is 0 Å². The third-order valence-electron chi connectivity index (χ3n) is 14.6. The van der Waals surface area contributed by atoms with Crippen LogP contribution in [0.25, 0.3) is 11.1 Å². The Labute approximate surface area is 417 Å². The van der Waals surface area contributed by atoms with Crippen molar-refractivity contribution in [3.8, 4) is 11.1 Å². The van der Waals surface area contributed by atoms with Gasteiger partial charge in [-0.05, 0) is 150 Å². The Kier molecular flexibility index (Phi) is 21.0. The normalized spacial score (nSPS) is 15.1. The number of ether oxygens (including phenoxy) is 1. The lowest BCUT2D eigenvalue weighted by molar-refractivity contribution is -0.131. The maximum atomic E-state index is 15.7. The fourth-order valence-corrected chi connectivity index (χ4v) is 13.9. The molecule has 0 saturated heterocycles. The predicted octanol–water partition coefficient (Wildman–Crippen LogP) is 18.4. The SMILES string of the molecule is C=CC(=C)CC(C)(C)C(C)(C)C(C)(C)OC(=C)C(C)(C)CC(C)(C)CC(C)(C)CC(=CCC)C(CC(=C)CC(C)(C)SOC(C)(C)C=O)CP(C)(=O)c1ccccc1-c1ccccc1CCC. The van der Waals surface area contributed by atoms with E-state index in [9.17, 15) is 4.79 Å². The molecule has 6 heteroatoms. The van der Waals surface area contributed by atoms with E-state index in [2.05, 4.69) is 186 Å². The van der Waals surface area contributed by atoms with Crippen molar-refractivity contribution in [3.05, 3.63) is 115 Å². The maximum Gasteiger partial charge on any atom is 0.152 e. The van der Waals surface area contributed by atoms with Crippen LogP contribution in [0.2, 0.25) is 0 Å². The zero-order valence-electron chi connectivity index (χ0n) is 46.3. The summed E-state index contributed by atoms with van der Waals surface area (Å²) in [5.41, 5.74) is 4.89. The molecule has 0 aliphatic rings. The van der Waals surface area contributed by atoms with E-state index in [1.165, 1.54) is 28.7 Å². The van der Waals surface area contributed by atoms with Crippen LogP contribution in [0.1, 0.15) is 182 Å². The Hall–Kier alpha value is -2.85. The highest BCUT2D eigenvalue weighted by molar-refractivity contribution is 7.96. The molecule has 0 radical (unpaired) electrons. The fraction of sp³-hybridized carbons (Fsp3) is 0.623. The third kappa shape index (κ3) is 17.5. The summed E-state index contributed by atoms with van der Waals surface area (Å²) in [6.07, 6.45) is 13.6. The van der Waals surface area contributed by atoms with E-state index in [1.807, 2.05) is 18.8 Å². The summed E-state index contributed by atoms with van der Waals surface area (Å²) in [7, 11) is -2.94. The van der Waals surface area contributed by atoms with Gasteiger partial charge in [-0.15, -0.1) is 0 Å². The van der Waals surface area contributed by atoms with E-state index in [-0.39, 0.29) is 37.7 Å². The van der Waals surface area contributed by atoms with E-state index in [0.717, 1.165) is 79.0 Å². The van der Waals surface area contributed by atoms with Gasteiger partial charge < -0.3 is 18.3 Å². The van der Waals surface area contributed by atoms with Crippen LogP contribution in [0.15, 0.2) is 109 Å². The molecule has 2 rings (SSSR count). The smallest absolute Gasteiger partial charge is 0.152 e. The van der Waals surface area contributed by atoms with Crippen LogP contribution < -0.4 is 5.30 Å². The van der Waals surface area contributed by atoms with E-state index in [0.29, 0.717) is 19.0 Å². The Morgan fingerprint density at radius 2 is 1.33 bits per heavy atom. The molecule has 0 bridgehead atoms. The van der Waals surface area contributed by atoms with Gasteiger partial charge in [-0.25, -0.2) is 0 Å². The lowest BCUT2D eigenvalue weighted by atomic mass is 9.57. The van der Waals surface area contributed by atoms with Crippen molar-refractivity contribution < 1.29 is 18.3 Å². The average Bonchev–Trinajstić information content (AvgIpc) is 3.18. The van der Waals surface area contributed by atoms with Crippen molar-refractivity contribution >= 4 is 30.8 Å². The minimum absolute atomic E-state index is 0.0147. The van der Waals surface area contributed by atoms with Gasteiger partial charge in [-0.1, -0.05) is 193 Å². The molecule has 0 amide bonds. The van der Waals surface area contributed by atoms with E-state index in [4.69, 9.17) is 8.92 Å². The van der Waals surface area contributed by atoms with Crippen LogP contribution in [0, 0.1) is 33.0 Å². The van der Waals surface area contributed by atoms with Gasteiger partial charge >= 0.3 is 0 Å². The Morgan fingerprint density at radius 3 is 1.88 bits per heavy atom. The molecular weight excluding hydrogens is 860 g/mol. The number of rotatable bonds is 30. The molecule has 0 spiro atoms. The summed E-state index contributed by atoms with van der Waals surface area (Å²) in [5.74, 6) is 0.832. The molecule has 2 aromatic rings. The minimum Gasteiger partial charge on any atom is -0.492 e. The molecule has 0 saturated carbocycles. The molecule has 0 aliphatic carbocycles. The highest BCUT2D eigenvalue weighted by atomic mass is 32.2. The molecule has 2 atom stereocenters. The molecule has 2 unspecified atom stereocenters. The number of hydrogen-bond acceptors (Lipinski definition) is 5. The number of aldehydes is 1. The topological polar surface area (TPSA) is 52.6 Å². The second kappa shape index (κ2) is 23.4. The van der Waals surface area contributed by atoms with Crippen LogP contribution in [0.4, 0.5) is 0 Å². The molecule has 376 valence electrons. The number of carbonyl (C=O) groups excluding carboxylic acids is 1. The number of allylic oxidation sites excluding steroid dienone is 6. The summed E-state index contributed by atoms with van der Waals surface area (Å²) in [5, 5.41) is 0.952. The summed E-state index contributed by atoms with van der Waals surface area (Å²) < 4.78 is 28.4. The minimum atomic E-state index is -2.94. The Bertz CT molecular complexity index is 2100. The summed E-state index contributed by atoms with van der Waals surface area (Å²) in [6.45, 7) is 59.6. The largest absolute Gasteiger partial charge is 0.492 e. The zero-order chi connectivity index (χ0) is 51.7. The van der Waals surface area contributed by atoms with Crippen molar-refractivity contribution in [1.82, 2.24) is 0 Å². The van der Waals surface area contributed by atoms with Crippen molar-refractivity contribution in [2.45, 2.75) is 198 Å². The van der Waals surface area contributed by atoms with Crippen molar-refractivity contribution in [2.24, 2.45) is 33.0 Å². The van der Waals surface area contributed by atoms with Crippen LogP contribution in [0.5, 0.6) is 0 Å². The van der Waals surface area contributed by atoms with Gasteiger partial charge in [-0.2, -0.15) is 0 Å². The summed E-state index contributed by atoms with van der Waals surface area (Å²) in [6, 6.07) is 17.0. The highest BCUT2D eigenvalue weighted by Crippen LogP contribution is 2.55. The fourth-order valence-electron chi connectivity index (χ4n) is 10.7. The standard InChI is InChI=1S/C61H97O4PS/c1-24-31-48-33-27-28-34-51(48)52-35-29-30-36-53(52)66(23,63)41-50(37-46(5)39-59(17,18)67-65-58(15,16)44-62)49(32-25-2)40-54(7,8)42-55(9,10)43-56(11,12)47(6)64-61(21,22)60(19,20)57(13,14)38-45(4)26-3/h26-30,32-36,44,50H,3-6,24-25,31,37-43H2,1-2,7-23H3. The molecule has 0 heterocycles. The third-order valence-corrected chi connectivity index (χ3v) is 18.3. The first-order chi connectivity index (χ1) is 30.4. The van der Waals surface area contributed by atoms with Gasteiger partial charge in [0.1, 0.15) is 18.3 Å². The first-order valence-corrected chi connectivity index (χ1v) is 28.1. The zero-order valence-corrected chi connectivity index (χ0v) is 48.0. The van der Waals surface area contributed by atoms with Gasteiger partial charge in [0.25, 0.3) is 0 Å². The van der Waals surface area contributed by atoms with Crippen LogP contribution >= 0.6 is 19.2 Å². The molecule has 4 nitrogen and oxygen atoms in total. The molecule has 0 N–H and O–H groups in total. The number of aryl methyl sites for hydroxylation is 1. The van der Waals surface area contributed by atoms with Crippen molar-refractivity contribution in [2.75, 3.05) is 12.8 Å². The highest BCUT2D eigenvalue weighted by Gasteiger charge is 2.51. The maximum absolute atomic E-state index is 15.7. The Balaban J connectivity index is 2.56. The van der Waals surface area contributed by atoms with E-state index in [1.54, 1.807) is 13.8 Å². The quantitative estimate of drug-likeness (QED) is 0.0195. The van der Waals surface area contributed by atoms with Gasteiger partial charge in [0, 0.05) is 27.0 Å². The van der Waals surface area contributed by atoms with E-state index < -0.39 is 18.3 Å². The first-order valence-electron chi connectivity index (χ1n) is 25.0. The monoisotopic (exact) mass is 957 g/mol. The van der Waals surface area contributed by atoms with Crippen LogP contribution in [-0.4, -0.2) is 35.1 Å². The van der Waals surface area contributed by atoms with Gasteiger partial charge in [0.15, 0.2) is 6.29 Å². The summed E-state index contributed by atoms with van der Waals surface area (Å²) in [4.78, 5) is 11.7. The molecule has 2 aromatic carbocycles. The van der Waals surface area contributed by atoms with Crippen molar-refractivity contribution in [1.29, 1.82) is 0 Å². The van der Waals surface area contributed by atoms with Crippen LogP contribution in [-0.2, 0) is 24.7 Å². The second-order valence-corrected chi connectivity index (χ2v) is 29.7. The van der Waals surface area contributed by atoms with Crippen LogP contribution in [0.3, 0.4) is 0 Å². The van der Waals surface area contributed by atoms with Gasteiger partial charge in [-0.3, -0.25) is 0 Å². The van der Waals surface area contributed by atoms with Crippen molar-refractivity contribution in [3.63, 3.8) is 0 Å². The molecule has 0 aliphatic heterocycles. The second-order valence-electron chi connectivity index (χ2n) is 25.2. The number of hydrogen-bond donors (Lipinski definition) is 0. The molecular formula is C61H97O4PS. The molecule has 0 fully saturated rings. The lowest BCUT2D eigenvalue weighted by Crippen LogP contribution is -2.51. The predicted molar refractivity (Wildman–Crippen MR) is 298 cm³/mol. The van der Waals surface area contributed by atoms with Gasteiger partial charge in [0.05, 0.1) is 5.76 Å². The first kappa shape index (κ1) is 60.3. The average molecular weight is 957 g/mol. The number of benzene rings is 2. The molecule has 67 heavy (non-hydrogen) atoms. The number of carbonyl (C=O) groups is 1. The lowest BCUT2D eigenvalue weighted by Gasteiger charge is -2.53. The summed E-state index contributed by atoms with van der Waals surface area (Å²) >= 11 is 1.35. The Morgan fingerprint density at radius 1 is 0.761 bits per heavy atom. The van der Waals surface area contributed by atoms with E-state index >= 15 is 4.57 Å². The molecule has 0 aromatic heterocycles.